The maximum atomic E-state index is 13.6. The van der Waals surface area contributed by atoms with Crippen LogP contribution in [0.5, 0.6) is 0 Å². The summed E-state index contributed by atoms with van der Waals surface area (Å²) in [7, 11) is 0. The molecule has 0 fully saturated rings. The second-order valence-electron chi connectivity index (χ2n) is 4.23. The Labute approximate surface area is 119 Å². The molecular weight excluding hydrogens is 282 g/mol. The van der Waals surface area contributed by atoms with E-state index in [9.17, 15) is 13.9 Å². The molecular formula is C14H12F2N2OS. The molecule has 1 aromatic heterocycles. The van der Waals surface area contributed by atoms with Gasteiger partial charge in [0.05, 0.1) is 17.7 Å². The van der Waals surface area contributed by atoms with Crippen LogP contribution in [-0.4, -0.2) is 11.7 Å². The molecule has 0 amide bonds. The summed E-state index contributed by atoms with van der Waals surface area (Å²) in [6.07, 6.45) is -0.717. The number of thiophene rings is 1. The van der Waals surface area contributed by atoms with Crippen molar-refractivity contribution in [3.8, 4) is 6.07 Å². The van der Waals surface area contributed by atoms with E-state index < -0.39 is 17.7 Å². The van der Waals surface area contributed by atoms with Gasteiger partial charge in [-0.25, -0.2) is 8.78 Å². The van der Waals surface area contributed by atoms with Gasteiger partial charge in [0.25, 0.3) is 0 Å². The molecule has 1 heterocycles. The zero-order chi connectivity index (χ0) is 14.5. The Kier molecular flexibility index (Phi) is 4.79. The fourth-order valence-corrected chi connectivity index (χ4v) is 2.46. The Balaban J connectivity index is 1.96. The topological polar surface area (TPSA) is 56.0 Å². The van der Waals surface area contributed by atoms with Crippen molar-refractivity contribution in [3.05, 3.63) is 57.3 Å². The minimum absolute atomic E-state index is 0.0510. The lowest BCUT2D eigenvalue weighted by molar-refractivity contribution is 0.174. The summed E-state index contributed by atoms with van der Waals surface area (Å²) in [5.41, 5.74) is 0.576. The van der Waals surface area contributed by atoms with Crippen molar-refractivity contribution in [1.29, 1.82) is 5.26 Å². The number of nitrogens with one attached hydrogen (secondary N) is 1. The first-order valence-corrected chi connectivity index (χ1v) is 6.85. The number of hydrogen-bond acceptors (Lipinski definition) is 4. The van der Waals surface area contributed by atoms with Crippen LogP contribution in [0.1, 0.15) is 22.8 Å². The van der Waals surface area contributed by atoms with Gasteiger partial charge in [-0.05, 0) is 34.5 Å². The van der Waals surface area contributed by atoms with E-state index in [2.05, 4.69) is 5.32 Å². The van der Waals surface area contributed by atoms with Crippen LogP contribution in [-0.2, 0) is 6.54 Å². The summed E-state index contributed by atoms with van der Waals surface area (Å²) in [6, 6.07) is 5.47. The first kappa shape index (κ1) is 14.6. The van der Waals surface area contributed by atoms with E-state index in [1.54, 1.807) is 12.1 Å². The van der Waals surface area contributed by atoms with Gasteiger partial charge < -0.3 is 10.4 Å². The zero-order valence-corrected chi connectivity index (χ0v) is 11.3. The molecule has 0 aliphatic heterocycles. The number of aliphatic hydroxyl groups excluding tert-OH is 1. The Morgan fingerprint density at radius 2 is 2.05 bits per heavy atom. The molecule has 2 aromatic rings. The number of rotatable bonds is 5. The molecule has 20 heavy (non-hydrogen) atoms. The first-order valence-electron chi connectivity index (χ1n) is 5.90. The Hall–Kier alpha value is -1.81. The van der Waals surface area contributed by atoms with E-state index in [0.717, 1.165) is 17.7 Å². The smallest absolute Gasteiger partial charge is 0.131 e. The highest BCUT2D eigenvalue weighted by Gasteiger charge is 2.12. The summed E-state index contributed by atoms with van der Waals surface area (Å²) in [5, 5.41) is 24.9. The molecule has 0 aliphatic rings. The van der Waals surface area contributed by atoms with Gasteiger partial charge in [-0.2, -0.15) is 16.6 Å². The Bertz CT molecular complexity index is 600. The Morgan fingerprint density at radius 1 is 1.35 bits per heavy atom. The molecule has 0 radical (unpaired) electrons. The van der Waals surface area contributed by atoms with Crippen LogP contribution in [0.25, 0.3) is 0 Å². The van der Waals surface area contributed by atoms with E-state index in [4.69, 9.17) is 5.26 Å². The second kappa shape index (κ2) is 6.57. The van der Waals surface area contributed by atoms with Crippen molar-refractivity contribution in [2.45, 2.75) is 12.6 Å². The molecule has 0 aliphatic carbocycles. The third kappa shape index (κ3) is 3.39. The van der Waals surface area contributed by atoms with Crippen LogP contribution in [0.15, 0.2) is 29.0 Å². The number of aliphatic hydroxyl groups is 1. The van der Waals surface area contributed by atoms with Crippen LogP contribution in [0.4, 0.5) is 8.78 Å². The van der Waals surface area contributed by atoms with E-state index in [-0.39, 0.29) is 24.2 Å². The number of nitrogens with zero attached hydrogens (tertiary/aromatic N) is 1. The maximum absolute atomic E-state index is 13.6. The summed E-state index contributed by atoms with van der Waals surface area (Å²) in [5.74, 6) is -1.53. The highest BCUT2D eigenvalue weighted by Crippen LogP contribution is 2.17. The van der Waals surface area contributed by atoms with E-state index >= 15 is 0 Å². The largest absolute Gasteiger partial charge is 0.387 e. The van der Waals surface area contributed by atoms with Gasteiger partial charge in [0, 0.05) is 18.7 Å². The van der Waals surface area contributed by atoms with Crippen LogP contribution in [0.3, 0.4) is 0 Å². The molecule has 1 atom stereocenters. The Morgan fingerprint density at radius 3 is 2.60 bits per heavy atom. The van der Waals surface area contributed by atoms with Crippen molar-refractivity contribution >= 4 is 11.3 Å². The van der Waals surface area contributed by atoms with Gasteiger partial charge >= 0.3 is 0 Å². The van der Waals surface area contributed by atoms with Crippen LogP contribution in [0.2, 0.25) is 0 Å². The minimum atomic E-state index is -0.765. The van der Waals surface area contributed by atoms with Crippen LogP contribution >= 0.6 is 11.3 Å². The lowest BCUT2D eigenvalue weighted by Gasteiger charge is -2.11. The van der Waals surface area contributed by atoms with Gasteiger partial charge in [-0.1, -0.05) is 0 Å². The molecule has 2 rings (SSSR count). The normalized spacial score (nSPS) is 12.1. The standard InChI is InChI=1S/C14H12F2N2OS/c15-12-3-9(5-17)4-13(16)11(12)6-18-7-14(19)10-1-2-20-8-10/h1-4,8,14,18-19H,6-7H2. The summed E-state index contributed by atoms with van der Waals surface area (Å²) in [4.78, 5) is 0. The lowest BCUT2D eigenvalue weighted by atomic mass is 10.1. The predicted octanol–water partition coefficient (Wildman–Crippen LogP) is 2.72. The van der Waals surface area contributed by atoms with Crippen molar-refractivity contribution in [2.75, 3.05) is 6.54 Å². The molecule has 104 valence electrons. The van der Waals surface area contributed by atoms with Gasteiger partial charge in [0.2, 0.25) is 0 Å². The summed E-state index contributed by atoms with van der Waals surface area (Å²) >= 11 is 1.47. The monoisotopic (exact) mass is 294 g/mol. The quantitative estimate of drug-likeness (QED) is 0.891. The van der Waals surface area contributed by atoms with Crippen LogP contribution in [0, 0.1) is 23.0 Å². The average molecular weight is 294 g/mol. The molecule has 0 bridgehead atoms. The molecule has 0 spiro atoms. The molecule has 1 unspecified atom stereocenters. The number of halogens is 2. The van der Waals surface area contributed by atoms with Crippen molar-refractivity contribution in [2.24, 2.45) is 0 Å². The number of hydrogen-bond donors (Lipinski definition) is 2. The average Bonchev–Trinajstić information content (AvgIpc) is 2.95. The molecule has 6 heteroatoms. The van der Waals surface area contributed by atoms with Gasteiger partial charge in [0.15, 0.2) is 0 Å². The van der Waals surface area contributed by atoms with Gasteiger partial charge in [0.1, 0.15) is 11.6 Å². The minimum Gasteiger partial charge on any atom is -0.387 e. The fraction of sp³-hybridized carbons (Fsp3) is 0.214. The number of benzene rings is 1. The first-order chi connectivity index (χ1) is 9.61. The predicted molar refractivity (Wildman–Crippen MR) is 72.1 cm³/mol. The van der Waals surface area contributed by atoms with Crippen molar-refractivity contribution in [3.63, 3.8) is 0 Å². The molecule has 2 N–H and O–H groups in total. The highest BCUT2D eigenvalue weighted by atomic mass is 32.1. The molecule has 3 nitrogen and oxygen atoms in total. The SMILES string of the molecule is N#Cc1cc(F)c(CNCC(O)c2ccsc2)c(F)c1. The van der Waals surface area contributed by atoms with Crippen molar-refractivity contribution in [1.82, 2.24) is 5.32 Å². The van der Waals surface area contributed by atoms with Gasteiger partial charge in [-0.3, -0.25) is 0 Å². The third-order valence-electron chi connectivity index (χ3n) is 2.84. The van der Waals surface area contributed by atoms with E-state index in [0.29, 0.717) is 0 Å². The van der Waals surface area contributed by atoms with E-state index in [1.165, 1.54) is 11.3 Å². The summed E-state index contributed by atoms with van der Waals surface area (Å²) in [6.45, 7) is 0.139. The summed E-state index contributed by atoms with van der Waals surface area (Å²) < 4.78 is 27.2. The van der Waals surface area contributed by atoms with E-state index in [1.807, 2.05) is 10.8 Å². The fourth-order valence-electron chi connectivity index (χ4n) is 1.75. The third-order valence-corrected chi connectivity index (χ3v) is 3.54. The van der Waals surface area contributed by atoms with Gasteiger partial charge in [-0.15, -0.1) is 0 Å². The number of nitriles is 1. The molecule has 0 saturated carbocycles. The van der Waals surface area contributed by atoms with Crippen molar-refractivity contribution < 1.29 is 13.9 Å². The molecule has 1 aromatic carbocycles. The second-order valence-corrected chi connectivity index (χ2v) is 5.01. The highest BCUT2D eigenvalue weighted by molar-refractivity contribution is 7.07. The molecule has 0 saturated heterocycles. The van der Waals surface area contributed by atoms with Crippen LogP contribution < -0.4 is 5.32 Å². The zero-order valence-electron chi connectivity index (χ0n) is 10.4. The maximum Gasteiger partial charge on any atom is 0.131 e. The lowest BCUT2D eigenvalue weighted by Crippen LogP contribution is -2.22.